The molecule has 0 aliphatic rings. The fourth-order valence-electron chi connectivity index (χ4n) is 0.830. The maximum atomic E-state index is 8.68. The lowest BCUT2D eigenvalue weighted by Gasteiger charge is -2.05. The molecular formula is C10H11ClN2S. The molecule has 0 bridgehead atoms. The van der Waals surface area contributed by atoms with Crippen LogP contribution in [0, 0.1) is 17.2 Å². The zero-order valence-electron chi connectivity index (χ0n) is 7.90. The summed E-state index contributed by atoms with van der Waals surface area (Å²) in [5.41, 5.74) is 0.654. The molecule has 74 valence electrons. The van der Waals surface area contributed by atoms with Crippen LogP contribution in [0.15, 0.2) is 23.4 Å². The van der Waals surface area contributed by atoms with E-state index in [9.17, 15) is 0 Å². The second kappa shape index (κ2) is 5.90. The van der Waals surface area contributed by atoms with E-state index in [0.29, 0.717) is 17.4 Å². The summed E-state index contributed by atoms with van der Waals surface area (Å²) in [4.78, 5) is 4.16. The topological polar surface area (TPSA) is 36.7 Å². The number of rotatable bonds is 4. The molecule has 1 rings (SSSR count). The molecular weight excluding hydrogens is 216 g/mol. The molecule has 1 atom stereocenters. The van der Waals surface area contributed by atoms with Gasteiger partial charge in [0.15, 0.2) is 0 Å². The molecule has 1 aromatic rings. The van der Waals surface area contributed by atoms with E-state index in [0.717, 1.165) is 10.8 Å². The highest BCUT2D eigenvalue weighted by atomic mass is 35.5. The highest BCUT2D eigenvalue weighted by Gasteiger charge is 2.02. The van der Waals surface area contributed by atoms with Gasteiger partial charge in [-0.05, 0) is 18.1 Å². The molecule has 0 saturated carbocycles. The van der Waals surface area contributed by atoms with Crippen LogP contribution in [0.4, 0.5) is 0 Å². The zero-order valence-corrected chi connectivity index (χ0v) is 9.48. The highest BCUT2D eigenvalue weighted by molar-refractivity contribution is 7.99. The first-order valence-corrected chi connectivity index (χ1v) is 5.83. The molecule has 4 heteroatoms. The summed E-state index contributed by atoms with van der Waals surface area (Å²) in [6.07, 6.45) is 1.66. The molecule has 0 amide bonds. The van der Waals surface area contributed by atoms with Gasteiger partial charge in [0.1, 0.15) is 0 Å². The molecule has 0 aromatic carbocycles. The number of alkyl halides is 1. The maximum Gasteiger partial charge on any atom is 0.0993 e. The number of pyridine rings is 1. The quantitative estimate of drug-likeness (QED) is 0.585. The van der Waals surface area contributed by atoms with Crippen LogP contribution in [0.1, 0.15) is 12.5 Å². The van der Waals surface area contributed by atoms with E-state index >= 15 is 0 Å². The van der Waals surface area contributed by atoms with E-state index in [1.165, 1.54) is 0 Å². The molecule has 1 aromatic heterocycles. The van der Waals surface area contributed by atoms with Gasteiger partial charge in [-0.3, -0.25) is 0 Å². The number of nitriles is 1. The van der Waals surface area contributed by atoms with E-state index in [2.05, 4.69) is 18.0 Å². The lowest BCUT2D eigenvalue weighted by molar-refractivity contribution is 0.758. The molecule has 0 fully saturated rings. The Morgan fingerprint density at radius 1 is 1.71 bits per heavy atom. The Morgan fingerprint density at radius 2 is 2.50 bits per heavy atom. The minimum atomic E-state index is 0.467. The third kappa shape index (κ3) is 3.57. The van der Waals surface area contributed by atoms with Crippen LogP contribution in [0.5, 0.6) is 0 Å². The molecule has 14 heavy (non-hydrogen) atoms. The second-order valence-corrected chi connectivity index (χ2v) is 4.41. The Kier molecular flexibility index (Phi) is 4.78. The van der Waals surface area contributed by atoms with Crippen molar-refractivity contribution in [2.45, 2.75) is 11.9 Å². The fraction of sp³-hybridized carbons (Fsp3) is 0.400. The van der Waals surface area contributed by atoms with Gasteiger partial charge in [0.2, 0.25) is 0 Å². The van der Waals surface area contributed by atoms with Gasteiger partial charge in [-0.2, -0.15) is 5.26 Å². The van der Waals surface area contributed by atoms with Gasteiger partial charge in [-0.25, -0.2) is 4.98 Å². The van der Waals surface area contributed by atoms with E-state index in [1.54, 1.807) is 30.1 Å². The molecule has 1 unspecified atom stereocenters. The molecule has 0 aliphatic carbocycles. The predicted octanol–water partition coefficient (Wildman–Crippen LogP) is 2.92. The van der Waals surface area contributed by atoms with Gasteiger partial charge in [0, 0.05) is 17.8 Å². The molecule has 0 radical (unpaired) electrons. The lowest BCUT2D eigenvalue weighted by Crippen LogP contribution is -1.99. The van der Waals surface area contributed by atoms with Gasteiger partial charge >= 0.3 is 0 Å². The molecule has 0 saturated heterocycles. The Balaban J connectivity index is 2.55. The number of aromatic nitrogens is 1. The first kappa shape index (κ1) is 11.4. The van der Waals surface area contributed by atoms with Crippen molar-refractivity contribution in [1.82, 2.24) is 4.98 Å². The Labute approximate surface area is 93.3 Å². The van der Waals surface area contributed by atoms with Crippen molar-refractivity contribution in [1.29, 1.82) is 5.26 Å². The summed E-state index contributed by atoms with van der Waals surface area (Å²) in [5, 5.41) is 9.57. The smallest absolute Gasteiger partial charge is 0.0993 e. The van der Waals surface area contributed by atoms with Crippen LogP contribution >= 0.6 is 23.4 Å². The van der Waals surface area contributed by atoms with Crippen molar-refractivity contribution in [3.63, 3.8) is 0 Å². The summed E-state index contributed by atoms with van der Waals surface area (Å²) in [7, 11) is 0. The average molecular weight is 227 g/mol. The van der Waals surface area contributed by atoms with Gasteiger partial charge in [-0.15, -0.1) is 23.4 Å². The third-order valence-electron chi connectivity index (χ3n) is 1.64. The average Bonchev–Trinajstić information content (AvgIpc) is 2.26. The SMILES string of the molecule is CC(CCl)CSc1cc(C#N)ccn1. The van der Waals surface area contributed by atoms with Crippen molar-refractivity contribution in [3.05, 3.63) is 23.9 Å². The van der Waals surface area contributed by atoms with Crippen LogP contribution in [0.25, 0.3) is 0 Å². The number of thioether (sulfide) groups is 1. The van der Waals surface area contributed by atoms with Crippen molar-refractivity contribution < 1.29 is 0 Å². The van der Waals surface area contributed by atoms with Crippen molar-refractivity contribution in [3.8, 4) is 6.07 Å². The van der Waals surface area contributed by atoms with Crippen LogP contribution in [-0.2, 0) is 0 Å². The van der Waals surface area contributed by atoms with E-state index in [1.807, 2.05) is 0 Å². The normalized spacial score (nSPS) is 12.1. The van der Waals surface area contributed by atoms with Crippen molar-refractivity contribution in [2.24, 2.45) is 5.92 Å². The summed E-state index contributed by atoms with van der Waals surface area (Å²) >= 11 is 7.33. The van der Waals surface area contributed by atoms with Crippen LogP contribution in [0.2, 0.25) is 0 Å². The summed E-state index contributed by atoms with van der Waals surface area (Å²) in [5.74, 6) is 2.06. The minimum absolute atomic E-state index is 0.467. The number of hydrogen-bond donors (Lipinski definition) is 0. The first-order valence-electron chi connectivity index (χ1n) is 4.31. The van der Waals surface area contributed by atoms with Crippen molar-refractivity contribution in [2.75, 3.05) is 11.6 Å². The van der Waals surface area contributed by atoms with Crippen LogP contribution < -0.4 is 0 Å². The standard InChI is InChI=1S/C10H11ClN2S/c1-8(5-11)7-14-10-4-9(6-12)2-3-13-10/h2-4,8H,5,7H2,1H3. The van der Waals surface area contributed by atoms with Gasteiger partial charge in [-0.1, -0.05) is 6.92 Å². The van der Waals surface area contributed by atoms with Crippen LogP contribution in [0.3, 0.4) is 0 Å². The molecule has 2 nitrogen and oxygen atoms in total. The lowest BCUT2D eigenvalue weighted by atomic mass is 10.3. The summed E-state index contributed by atoms with van der Waals surface area (Å²) in [6, 6.07) is 5.59. The van der Waals surface area contributed by atoms with Gasteiger partial charge < -0.3 is 0 Å². The molecule has 0 N–H and O–H groups in total. The van der Waals surface area contributed by atoms with Gasteiger partial charge in [0.25, 0.3) is 0 Å². The van der Waals surface area contributed by atoms with Crippen LogP contribution in [-0.4, -0.2) is 16.6 Å². The molecule has 0 spiro atoms. The predicted molar refractivity (Wildman–Crippen MR) is 59.6 cm³/mol. The van der Waals surface area contributed by atoms with E-state index in [4.69, 9.17) is 16.9 Å². The number of halogens is 1. The Morgan fingerprint density at radius 3 is 3.14 bits per heavy atom. The van der Waals surface area contributed by atoms with Gasteiger partial charge in [0.05, 0.1) is 16.7 Å². The van der Waals surface area contributed by atoms with E-state index < -0.39 is 0 Å². The Hall–Kier alpha value is -0.720. The monoisotopic (exact) mass is 226 g/mol. The first-order chi connectivity index (χ1) is 6.76. The third-order valence-corrected chi connectivity index (χ3v) is 3.42. The fourth-order valence-corrected chi connectivity index (χ4v) is 1.99. The summed E-state index contributed by atoms with van der Waals surface area (Å²) < 4.78 is 0. The number of hydrogen-bond acceptors (Lipinski definition) is 3. The van der Waals surface area contributed by atoms with Crippen molar-refractivity contribution >= 4 is 23.4 Å². The summed E-state index contributed by atoms with van der Waals surface area (Å²) in [6.45, 7) is 2.09. The van der Waals surface area contributed by atoms with E-state index in [-0.39, 0.29) is 0 Å². The second-order valence-electron chi connectivity index (χ2n) is 3.07. The minimum Gasteiger partial charge on any atom is -0.250 e. The molecule has 0 aliphatic heterocycles. The zero-order chi connectivity index (χ0) is 10.4. The molecule has 1 heterocycles. The number of nitrogens with zero attached hydrogens (tertiary/aromatic N) is 2. The maximum absolute atomic E-state index is 8.68. The largest absolute Gasteiger partial charge is 0.250 e. The highest BCUT2D eigenvalue weighted by Crippen LogP contribution is 2.19. The Bertz CT molecular complexity index is 335.